The Hall–Kier alpha value is -3.52. The molecule has 1 fully saturated rings. The number of hydrogen-bond donors (Lipinski definition) is 2. The lowest BCUT2D eigenvalue weighted by atomic mass is 10.1. The maximum atomic E-state index is 13.0. The van der Waals surface area contributed by atoms with Gasteiger partial charge in [-0.15, -0.1) is 0 Å². The molecule has 0 bridgehead atoms. The zero-order valence-electron chi connectivity index (χ0n) is 17.3. The molecule has 1 aliphatic rings. The van der Waals surface area contributed by atoms with E-state index in [0.29, 0.717) is 35.3 Å². The average Bonchev–Trinajstić information content (AvgIpc) is 3.32. The number of nitrogens with zero attached hydrogens (tertiary/aromatic N) is 2. The molecule has 1 saturated heterocycles. The summed E-state index contributed by atoms with van der Waals surface area (Å²) in [5, 5.41) is 10.9. The van der Waals surface area contributed by atoms with Crippen molar-refractivity contribution in [3.8, 4) is 0 Å². The predicted molar refractivity (Wildman–Crippen MR) is 118 cm³/mol. The summed E-state index contributed by atoms with van der Waals surface area (Å²) in [5.41, 5.74) is 1.16. The largest absolute Gasteiger partial charge is 0.368 e. The Morgan fingerprint density at radius 3 is 2.39 bits per heavy atom. The predicted octanol–water partition coefficient (Wildman–Crippen LogP) is 3.18. The molecule has 2 N–H and O–H groups in total. The minimum Gasteiger partial charge on any atom is -0.368 e. The Kier molecular flexibility index (Phi) is 6.08. The minimum absolute atomic E-state index is 0.164. The molecule has 1 aliphatic heterocycles. The number of carbonyl (C=O) groups excluding carboxylic acids is 2. The molecule has 2 amide bonds. The third kappa shape index (κ3) is 4.49. The number of fused-ring (bicyclic) bond motifs is 1. The van der Waals surface area contributed by atoms with Crippen LogP contribution in [0.5, 0.6) is 0 Å². The second-order valence-corrected chi connectivity index (χ2v) is 7.44. The van der Waals surface area contributed by atoms with Gasteiger partial charge in [-0.25, -0.2) is 4.68 Å². The highest BCUT2D eigenvalue weighted by molar-refractivity contribution is 6.11. The SMILES string of the molecule is CCCn1nc(C(=O)Nc2ccc(NC(=O)C3CCCO3)cc2)c2ccccc2c1=O. The number of nitrogens with one attached hydrogen (secondary N) is 2. The van der Waals surface area contributed by atoms with E-state index in [1.807, 2.05) is 6.92 Å². The van der Waals surface area contributed by atoms with Gasteiger partial charge in [0.2, 0.25) is 0 Å². The first-order chi connectivity index (χ1) is 15.1. The number of carbonyl (C=O) groups is 2. The van der Waals surface area contributed by atoms with E-state index in [1.165, 1.54) is 4.68 Å². The average molecular weight is 420 g/mol. The van der Waals surface area contributed by atoms with E-state index in [-0.39, 0.29) is 17.2 Å². The van der Waals surface area contributed by atoms with E-state index < -0.39 is 12.0 Å². The monoisotopic (exact) mass is 420 g/mol. The molecule has 8 heteroatoms. The number of aromatic nitrogens is 2. The van der Waals surface area contributed by atoms with Crippen molar-refractivity contribution in [1.29, 1.82) is 0 Å². The highest BCUT2D eigenvalue weighted by atomic mass is 16.5. The van der Waals surface area contributed by atoms with Crippen molar-refractivity contribution in [2.75, 3.05) is 17.2 Å². The van der Waals surface area contributed by atoms with Crippen LogP contribution in [-0.2, 0) is 16.1 Å². The second kappa shape index (κ2) is 9.09. The molecule has 1 atom stereocenters. The number of ether oxygens (including phenoxy) is 1. The summed E-state index contributed by atoms with van der Waals surface area (Å²) in [6, 6.07) is 13.8. The lowest BCUT2D eigenvalue weighted by Crippen LogP contribution is -2.27. The molecular weight excluding hydrogens is 396 g/mol. The van der Waals surface area contributed by atoms with Crippen LogP contribution in [0.2, 0.25) is 0 Å². The van der Waals surface area contributed by atoms with Crippen LogP contribution in [0.3, 0.4) is 0 Å². The van der Waals surface area contributed by atoms with E-state index in [0.717, 1.165) is 19.3 Å². The van der Waals surface area contributed by atoms with Gasteiger partial charge in [-0.3, -0.25) is 14.4 Å². The lowest BCUT2D eigenvalue weighted by Gasteiger charge is -2.12. The van der Waals surface area contributed by atoms with Gasteiger partial charge in [0.1, 0.15) is 6.10 Å². The molecular formula is C23H24N4O4. The van der Waals surface area contributed by atoms with E-state index in [2.05, 4.69) is 15.7 Å². The number of benzene rings is 2. The number of rotatable bonds is 6. The first-order valence-corrected chi connectivity index (χ1v) is 10.4. The molecule has 0 radical (unpaired) electrons. The maximum Gasteiger partial charge on any atom is 0.276 e. The standard InChI is InChI=1S/C23H24N4O4/c1-2-13-27-23(30)18-7-4-3-6-17(18)20(26-27)22(29)25-16-11-9-15(10-12-16)24-21(28)19-8-5-14-31-19/h3-4,6-7,9-12,19H,2,5,8,13-14H2,1H3,(H,24,28)(H,25,29). The lowest BCUT2D eigenvalue weighted by molar-refractivity contribution is -0.124. The summed E-state index contributed by atoms with van der Waals surface area (Å²) >= 11 is 0. The molecule has 1 aromatic heterocycles. The van der Waals surface area contributed by atoms with Gasteiger partial charge in [0.15, 0.2) is 5.69 Å². The summed E-state index contributed by atoms with van der Waals surface area (Å²) in [7, 11) is 0. The molecule has 2 heterocycles. The molecule has 1 unspecified atom stereocenters. The quantitative estimate of drug-likeness (QED) is 0.638. The van der Waals surface area contributed by atoms with Crippen LogP contribution >= 0.6 is 0 Å². The maximum absolute atomic E-state index is 13.0. The van der Waals surface area contributed by atoms with Gasteiger partial charge in [0.05, 0.1) is 5.39 Å². The van der Waals surface area contributed by atoms with E-state index in [9.17, 15) is 14.4 Å². The Balaban J connectivity index is 1.53. The number of amides is 2. The molecule has 8 nitrogen and oxygen atoms in total. The van der Waals surface area contributed by atoms with Gasteiger partial charge in [-0.05, 0) is 49.6 Å². The normalized spacial score (nSPS) is 15.7. The Bertz CT molecular complexity index is 1160. The smallest absolute Gasteiger partial charge is 0.276 e. The van der Waals surface area contributed by atoms with Crippen molar-refractivity contribution in [2.24, 2.45) is 0 Å². The van der Waals surface area contributed by atoms with E-state index in [4.69, 9.17) is 4.74 Å². The molecule has 0 spiro atoms. The van der Waals surface area contributed by atoms with Crippen molar-refractivity contribution in [1.82, 2.24) is 9.78 Å². The van der Waals surface area contributed by atoms with Gasteiger partial charge >= 0.3 is 0 Å². The van der Waals surface area contributed by atoms with Crippen molar-refractivity contribution in [2.45, 2.75) is 38.8 Å². The molecule has 160 valence electrons. The zero-order valence-corrected chi connectivity index (χ0v) is 17.3. The highest BCUT2D eigenvalue weighted by Gasteiger charge is 2.23. The number of aryl methyl sites for hydroxylation is 1. The third-order valence-corrected chi connectivity index (χ3v) is 5.15. The summed E-state index contributed by atoms with van der Waals surface area (Å²) in [4.78, 5) is 37.7. The fourth-order valence-corrected chi connectivity index (χ4v) is 3.60. The van der Waals surface area contributed by atoms with Crippen molar-refractivity contribution < 1.29 is 14.3 Å². The van der Waals surface area contributed by atoms with Crippen LogP contribution in [0, 0.1) is 0 Å². The minimum atomic E-state index is -0.405. The van der Waals surface area contributed by atoms with Crippen LogP contribution in [0.25, 0.3) is 10.8 Å². The molecule has 2 aromatic carbocycles. The first kappa shape index (κ1) is 20.7. The summed E-state index contributed by atoms with van der Waals surface area (Å²) < 4.78 is 6.72. The first-order valence-electron chi connectivity index (χ1n) is 10.4. The molecule has 0 saturated carbocycles. The number of hydrogen-bond acceptors (Lipinski definition) is 5. The van der Waals surface area contributed by atoms with Crippen LogP contribution in [-0.4, -0.2) is 34.3 Å². The molecule has 0 aliphatic carbocycles. The zero-order chi connectivity index (χ0) is 21.8. The fourth-order valence-electron chi connectivity index (χ4n) is 3.60. The van der Waals surface area contributed by atoms with Gasteiger partial charge < -0.3 is 15.4 Å². The van der Waals surface area contributed by atoms with Gasteiger partial charge in [-0.1, -0.05) is 25.1 Å². The third-order valence-electron chi connectivity index (χ3n) is 5.15. The van der Waals surface area contributed by atoms with Crippen molar-refractivity contribution in [3.05, 3.63) is 64.6 Å². The summed E-state index contributed by atoms with van der Waals surface area (Å²) in [6.07, 6.45) is 1.93. The Morgan fingerprint density at radius 1 is 1.06 bits per heavy atom. The van der Waals surface area contributed by atoms with Crippen molar-refractivity contribution in [3.63, 3.8) is 0 Å². The van der Waals surface area contributed by atoms with Gasteiger partial charge in [0, 0.05) is 29.9 Å². The van der Waals surface area contributed by atoms with E-state index >= 15 is 0 Å². The Labute approximate surface area is 179 Å². The topological polar surface area (TPSA) is 102 Å². The van der Waals surface area contributed by atoms with Crippen LogP contribution < -0.4 is 16.2 Å². The van der Waals surface area contributed by atoms with Crippen LogP contribution in [0.4, 0.5) is 11.4 Å². The summed E-state index contributed by atoms with van der Waals surface area (Å²) in [6.45, 7) is 2.99. The molecule has 4 rings (SSSR count). The highest BCUT2D eigenvalue weighted by Crippen LogP contribution is 2.19. The fraction of sp³-hybridized carbons (Fsp3) is 0.304. The molecule has 31 heavy (non-hydrogen) atoms. The van der Waals surface area contributed by atoms with Crippen LogP contribution in [0.1, 0.15) is 36.7 Å². The summed E-state index contributed by atoms with van der Waals surface area (Å²) in [5.74, 6) is -0.569. The van der Waals surface area contributed by atoms with Gasteiger partial charge in [-0.2, -0.15) is 5.10 Å². The second-order valence-electron chi connectivity index (χ2n) is 7.44. The molecule has 3 aromatic rings. The van der Waals surface area contributed by atoms with E-state index in [1.54, 1.807) is 48.5 Å². The van der Waals surface area contributed by atoms with Crippen molar-refractivity contribution >= 4 is 34.0 Å². The van der Waals surface area contributed by atoms with Gasteiger partial charge in [0.25, 0.3) is 17.4 Å². The Morgan fingerprint density at radius 2 is 1.74 bits per heavy atom. The van der Waals surface area contributed by atoms with Crippen LogP contribution in [0.15, 0.2) is 53.3 Å². The number of anilines is 2.